The summed E-state index contributed by atoms with van der Waals surface area (Å²) < 4.78 is 17.9. The molecule has 1 aromatic carbocycles. The van der Waals surface area contributed by atoms with E-state index >= 15 is 0 Å². The molecule has 1 aliphatic carbocycles. The van der Waals surface area contributed by atoms with Gasteiger partial charge in [0.2, 0.25) is 0 Å². The Bertz CT molecular complexity index is 895. The molecule has 5 rings (SSSR count). The molecule has 4 atom stereocenters. The van der Waals surface area contributed by atoms with Gasteiger partial charge in [-0.3, -0.25) is 0 Å². The number of carbonyl (C=O) groups is 1. The molecule has 2 saturated heterocycles. The lowest BCUT2D eigenvalue weighted by atomic mass is 9.59. The first-order chi connectivity index (χ1) is 13.9. The highest BCUT2D eigenvalue weighted by atomic mass is 16.8. The fourth-order valence-electron chi connectivity index (χ4n) is 6.23. The van der Waals surface area contributed by atoms with E-state index in [-0.39, 0.29) is 23.3 Å². The van der Waals surface area contributed by atoms with Crippen LogP contribution in [0, 0.1) is 5.92 Å². The van der Waals surface area contributed by atoms with Crippen LogP contribution in [0.25, 0.3) is 0 Å². The quantitative estimate of drug-likeness (QED) is 0.763. The largest absolute Gasteiger partial charge is 0.466 e. The van der Waals surface area contributed by atoms with Crippen LogP contribution in [-0.2, 0) is 24.4 Å². The van der Waals surface area contributed by atoms with Gasteiger partial charge in [-0.1, -0.05) is 25.1 Å². The Morgan fingerprint density at radius 2 is 2.10 bits per heavy atom. The van der Waals surface area contributed by atoms with Gasteiger partial charge in [0.15, 0.2) is 5.79 Å². The van der Waals surface area contributed by atoms with E-state index in [0.717, 1.165) is 36.3 Å². The third kappa shape index (κ3) is 2.49. The van der Waals surface area contributed by atoms with Crippen LogP contribution in [-0.4, -0.2) is 43.7 Å². The molecule has 156 valence electrons. The molecular formula is C23H30N2O4. The molecule has 0 aromatic heterocycles. The van der Waals surface area contributed by atoms with E-state index in [1.54, 1.807) is 0 Å². The van der Waals surface area contributed by atoms with E-state index < -0.39 is 11.4 Å². The summed E-state index contributed by atoms with van der Waals surface area (Å²) in [4.78, 5) is 12.9. The summed E-state index contributed by atoms with van der Waals surface area (Å²) in [5.41, 5.74) is 3.41. The van der Waals surface area contributed by atoms with Gasteiger partial charge in [-0.2, -0.15) is 0 Å². The monoisotopic (exact) mass is 398 g/mol. The average molecular weight is 399 g/mol. The molecule has 0 radical (unpaired) electrons. The standard InChI is InChI=1S/C23H30N2O4/c1-5-22(13-28-21(2,3)29-22)16-12-14(20(26)27-4)18-23(10-11-24-19(16)23)15-8-6-7-9-17(15)25-18/h6-9,16,19,24-25H,5,10-13H2,1-4H3/t16-,19-,22+,23-/m0/s1. The third-order valence-electron chi connectivity index (χ3n) is 7.48. The minimum atomic E-state index is -0.622. The summed E-state index contributed by atoms with van der Waals surface area (Å²) >= 11 is 0. The van der Waals surface area contributed by atoms with Crippen LogP contribution in [0.2, 0.25) is 0 Å². The van der Waals surface area contributed by atoms with Crippen molar-refractivity contribution in [1.29, 1.82) is 0 Å². The smallest absolute Gasteiger partial charge is 0.335 e. The zero-order valence-electron chi connectivity index (χ0n) is 17.6. The number of benzene rings is 1. The van der Waals surface area contributed by atoms with E-state index in [1.165, 1.54) is 12.7 Å². The molecular weight excluding hydrogens is 368 g/mol. The van der Waals surface area contributed by atoms with Gasteiger partial charge in [0.1, 0.15) is 0 Å². The number of carbonyl (C=O) groups excluding carboxylic acids is 1. The Morgan fingerprint density at radius 3 is 2.79 bits per heavy atom. The fourth-order valence-corrected chi connectivity index (χ4v) is 6.23. The number of hydrogen-bond donors (Lipinski definition) is 2. The summed E-state index contributed by atoms with van der Waals surface area (Å²) in [5, 5.41) is 7.38. The molecule has 1 aromatic rings. The highest BCUT2D eigenvalue weighted by Gasteiger charge is 2.64. The molecule has 6 heteroatoms. The zero-order valence-corrected chi connectivity index (χ0v) is 17.6. The first kappa shape index (κ1) is 19.1. The lowest BCUT2D eigenvalue weighted by Gasteiger charge is -2.48. The maximum atomic E-state index is 12.9. The summed E-state index contributed by atoms with van der Waals surface area (Å²) in [6, 6.07) is 8.59. The van der Waals surface area contributed by atoms with Gasteiger partial charge in [-0.15, -0.1) is 0 Å². The van der Waals surface area contributed by atoms with Gasteiger partial charge in [0, 0.05) is 23.3 Å². The van der Waals surface area contributed by atoms with E-state index in [1.807, 2.05) is 19.9 Å². The highest BCUT2D eigenvalue weighted by molar-refractivity contribution is 5.93. The second-order valence-corrected chi connectivity index (χ2v) is 9.19. The van der Waals surface area contributed by atoms with Crippen molar-refractivity contribution in [2.24, 2.45) is 5.92 Å². The predicted octanol–water partition coefficient (Wildman–Crippen LogP) is 3.09. The Labute approximate surface area is 172 Å². The molecule has 0 unspecified atom stereocenters. The van der Waals surface area contributed by atoms with Crippen LogP contribution in [0.3, 0.4) is 0 Å². The van der Waals surface area contributed by atoms with Crippen LogP contribution >= 0.6 is 0 Å². The Kier molecular flexibility index (Phi) is 4.15. The number of para-hydroxylation sites is 1. The molecule has 3 heterocycles. The summed E-state index contributed by atoms with van der Waals surface area (Å²) in [6.45, 7) is 7.54. The van der Waals surface area contributed by atoms with Crippen LogP contribution in [0.15, 0.2) is 35.5 Å². The van der Waals surface area contributed by atoms with E-state index in [9.17, 15) is 4.79 Å². The number of anilines is 1. The Hall–Kier alpha value is -1.89. The minimum absolute atomic E-state index is 0.0996. The van der Waals surface area contributed by atoms with E-state index in [2.05, 4.69) is 35.8 Å². The summed E-state index contributed by atoms with van der Waals surface area (Å²) in [7, 11) is 1.46. The third-order valence-corrected chi connectivity index (χ3v) is 7.48. The second kappa shape index (κ2) is 6.30. The number of ether oxygens (including phenoxy) is 3. The molecule has 2 fully saturated rings. The van der Waals surface area contributed by atoms with Crippen molar-refractivity contribution in [1.82, 2.24) is 5.32 Å². The van der Waals surface area contributed by atoms with Gasteiger partial charge in [0.05, 0.1) is 30.3 Å². The van der Waals surface area contributed by atoms with Crippen molar-refractivity contribution in [3.8, 4) is 0 Å². The topological polar surface area (TPSA) is 68.8 Å². The highest BCUT2D eigenvalue weighted by Crippen LogP contribution is 2.59. The number of rotatable bonds is 3. The maximum Gasteiger partial charge on any atom is 0.335 e. The van der Waals surface area contributed by atoms with Gasteiger partial charge >= 0.3 is 5.97 Å². The fraction of sp³-hybridized carbons (Fsp3) is 0.609. The number of esters is 1. The molecule has 0 saturated carbocycles. The lowest BCUT2D eigenvalue weighted by molar-refractivity contribution is -0.178. The Morgan fingerprint density at radius 1 is 1.31 bits per heavy atom. The van der Waals surface area contributed by atoms with Gasteiger partial charge in [-0.25, -0.2) is 4.79 Å². The number of hydrogen-bond acceptors (Lipinski definition) is 6. The summed E-state index contributed by atoms with van der Waals surface area (Å²) in [6.07, 6.45) is 2.38. The van der Waals surface area contributed by atoms with Crippen molar-refractivity contribution in [3.63, 3.8) is 0 Å². The van der Waals surface area contributed by atoms with Gasteiger partial charge in [-0.05, 0) is 51.3 Å². The number of nitrogens with one attached hydrogen (secondary N) is 2. The molecule has 0 bridgehead atoms. The lowest BCUT2D eigenvalue weighted by Crippen LogP contribution is -2.59. The van der Waals surface area contributed by atoms with Crippen molar-refractivity contribution < 1.29 is 19.0 Å². The van der Waals surface area contributed by atoms with Gasteiger partial charge in [0.25, 0.3) is 0 Å². The minimum Gasteiger partial charge on any atom is -0.466 e. The van der Waals surface area contributed by atoms with Crippen LogP contribution in [0.1, 0.15) is 45.6 Å². The molecule has 4 aliphatic rings. The van der Waals surface area contributed by atoms with Crippen LogP contribution < -0.4 is 10.6 Å². The second-order valence-electron chi connectivity index (χ2n) is 9.19. The van der Waals surface area contributed by atoms with Crippen molar-refractivity contribution in [3.05, 3.63) is 41.1 Å². The van der Waals surface area contributed by atoms with E-state index in [0.29, 0.717) is 13.0 Å². The van der Waals surface area contributed by atoms with E-state index in [4.69, 9.17) is 14.2 Å². The number of fused-ring (bicyclic) bond motifs is 1. The maximum absolute atomic E-state index is 12.9. The van der Waals surface area contributed by atoms with Crippen LogP contribution in [0.4, 0.5) is 5.69 Å². The molecule has 29 heavy (non-hydrogen) atoms. The van der Waals surface area contributed by atoms with Crippen LogP contribution in [0.5, 0.6) is 0 Å². The molecule has 6 nitrogen and oxygen atoms in total. The molecule has 1 spiro atoms. The van der Waals surface area contributed by atoms with Gasteiger partial charge < -0.3 is 24.8 Å². The van der Waals surface area contributed by atoms with Crippen molar-refractivity contribution >= 4 is 11.7 Å². The Balaban J connectivity index is 1.70. The first-order valence-corrected chi connectivity index (χ1v) is 10.6. The zero-order chi connectivity index (χ0) is 20.4. The SMILES string of the molecule is CC[C@]1([C@H]2CC(C(=O)OC)=C3Nc4ccccc4[C@@]34CCN[C@@H]24)COC(C)(C)O1. The molecule has 2 N–H and O–H groups in total. The number of methoxy groups -OCH3 is 1. The predicted molar refractivity (Wildman–Crippen MR) is 109 cm³/mol. The average Bonchev–Trinajstić information content (AvgIpc) is 3.39. The normalized spacial score (nSPS) is 37.0. The van der Waals surface area contributed by atoms with Crippen molar-refractivity contribution in [2.75, 3.05) is 25.6 Å². The molecule has 0 amide bonds. The summed E-state index contributed by atoms with van der Waals surface area (Å²) in [5.74, 6) is -0.773. The first-order valence-electron chi connectivity index (χ1n) is 10.6. The molecule has 3 aliphatic heterocycles. The van der Waals surface area contributed by atoms with Crippen molar-refractivity contribution in [2.45, 2.75) is 62.9 Å².